The maximum absolute atomic E-state index is 6.15. The molecule has 0 bridgehead atoms. The maximum atomic E-state index is 6.15. The van der Waals surface area contributed by atoms with Gasteiger partial charge in [0.1, 0.15) is 0 Å². The van der Waals surface area contributed by atoms with Gasteiger partial charge in [-0.2, -0.15) is 0 Å². The van der Waals surface area contributed by atoms with Gasteiger partial charge in [0.05, 0.1) is 5.60 Å². The summed E-state index contributed by atoms with van der Waals surface area (Å²) in [6.45, 7) is 7.52. The average molecular weight is 281 g/mol. The van der Waals surface area contributed by atoms with E-state index < -0.39 is 0 Å². The first kappa shape index (κ1) is 14.8. The van der Waals surface area contributed by atoms with Crippen molar-refractivity contribution < 1.29 is 9.47 Å². The average Bonchev–Trinajstić information content (AvgIpc) is 2.38. The van der Waals surface area contributed by atoms with E-state index in [9.17, 15) is 0 Å². The third kappa shape index (κ3) is 3.55. The molecule has 2 saturated heterocycles. The van der Waals surface area contributed by atoms with Gasteiger partial charge in [0.15, 0.2) is 0 Å². The van der Waals surface area contributed by atoms with Gasteiger partial charge >= 0.3 is 0 Å². The van der Waals surface area contributed by atoms with Gasteiger partial charge in [-0.25, -0.2) is 0 Å². The van der Waals surface area contributed by atoms with Crippen LogP contribution >= 0.6 is 0 Å². The Labute approximate surface area is 123 Å². The third-order valence-electron chi connectivity index (χ3n) is 5.57. The van der Waals surface area contributed by atoms with E-state index in [2.05, 4.69) is 19.2 Å². The van der Waals surface area contributed by atoms with E-state index in [1.54, 1.807) is 0 Å². The summed E-state index contributed by atoms with van der Waals surface area (Å²) in [7, 11) is 0. The lowest BCUT2D eigenvalue weighted by atomic mass is 9.74. The quantitative estimate of drug-likeness (QED) is 0.842. The number of hydrogen-bond donors (Lipinski definition) is 1. The predicted octanol–water partition coefficient (Wildman–Crippen LogP) is 3.27. The zero-order chi connectivity index (χ0) is 14.1. The Hall–Kier alpha value is -0.120. The Bertz CT molecular complexity index is 317. The van der Waals surface area contributed by atoms with Crippen LogP contribution in [-0.2, 0) is 9.47 Å². The van der Waals surface area contributed by atoms with Gasteiger partial charge in [-0.1, -0.05) is 20.3 Å². The van der Waals surface area contributed by atoms with Crippen LogP contribution in [0.4, 0.5) is 0 Å². The van der Waals surface area contributed by atoms with Gasteiger partial charge in [0.2, 0.25) is 0 Å². The summed E-state index contributed by atoms with van der Waals surface area (Å²) in [5.41, 5.74) is 0.649. The Morgan fingerprint density at radius 2 is 1.65 bits per heavy atom. The molecule has 0 radical (unpaired) electrons. The second-order valence-corrected chi connectivity index (χ2v) is 7.96. The normalized spacial score (nSPS) is 36.9. The Balaban J connectivity index is 1.54. The van der Waals surface area contributed by atoms with Gasteiger partial charge < -0.3 is 14.8 Å². The van der Waals surface area contributed by atoms with Crippen molar-refractivity contribution >= 4 is 0 Å². The van der Waals surface area contributed by atoms with Crippen LogP contribution < -0.4 is 5.32 Å². The van der Waals surface area contributed by atoms with Crippen molar-refractivity contribution in [1.29, 1.82) is 0 Å². The monoisotopic (exact) mass is 281 g/mol. The third-order valence-corrected chi connectivity index (χ3v) is 5.57. The van der Waals surface area contributed by atoms with Gasteiger partial charge in [-0.3, -0.25) is 0 Å². The molecule has 1 spiro atoms. The Morgan fingerprint density at radius 1 is 0.900 bits per heavy atom. The smallest absolute Gasteiger partial charge is 0.0741 e. The molecule has 3 rings (SSSR count). The molecule has 116 valence electrons. The van der Waals surface area contributed by atoms with Crippen molar-refractivity contribution in [2.24, 2.45) is 5.41 Å². The minimum Gasteiger partial charge on any atom is -0.381 e. The lowest BCUT2D eigenvalue weighted by Gasteiger charge is -2.45. The first-order valence-electron chi connectivity index (χ1n) is 8.55. The topological polar surface area (TPSA) is 30.5 Å². The highest BCUT2D eigenvalue weighted by Gasteiger charge is 2.40. The van der Waals surface area contributed by atoms with E-state index >= 15 is 0 Å². The molecule has 0 amide bonds. The van der Waals surface area contributed by atoms with Gasteiger partial charge in [0, 0.05) is 31.9 Å². The molecule has 1 saturated carbocycles. The molecule has 0 aromatic carbocycles. The highest BCUT2D eigenvalue weighted by molar-refractivity contribution is 4.94. The fourth-order valence-electron chi connectivity index (χ4n) is 4.44. The molecule has 0 aromatic rings. The fraction of sp³-hybridized carbons (Fsp3) is 1.00. The van der Waals surface area contributed by atoms with Crippen molar-refractivity contribution in [2.75, 3.05) is 19.8 Å². The first-order chi connectivity index (χ1) is 9.57. The van der Waals surface area contributed by atoms with E-state index in [0.717, 1.165) is 38.7 Å². The predicted molar refractivity (Wildman–Crippen MR) is 80.9 cm³/mol. The minimum atomic E-state index is 0.123. The molecule has 3 aliphatic rings. The first-order valence-corrected chi connectivity index (χ1v) is 8.55. The van der Waals surface area contributed by atoms with Crippen LogP contribution in [0, 0.1) is 5.41 Å². The molecule has 20 heavy (non-hydrogen) atoms. The summed E-state index contributed by atoms with van der Waals surface area (Å²) in [5.74, 6) is 0. The summed E-state index contributed by atoms with van der Waals surface area (Å²) in [4.78, 5) is 0. The summed E-state index contributed by atoms with van der Waals surface area (Å²) < 4.78 is 11.7. The zero-order valence-corrected chi connectivity index (χ0v) is 13.2. The van der Waals surface area contributed by atoms with E-state index in [1.807, 2.05) is 0 Å². The van der Waals surface area contributed by atoms with Crippen LogP contribution in [0.2, 0.25) is 0 Å². The molecule has 2 heterocycles. The standard InChI is InChI=1S/C17H31NO2/c1-16(2)6-3-4-14(12-16)18-15-5-9-20-17(13-15)7-10-19-11-8-17/h14-15,18H,3-13H2,1-2H3. The molecule has 3 heteroatoms. The van der Waals surface area contributed by atoms with E-state index in [4.69, 9.17) is 9.47 Å². The van der Waals surface area contributed by atoms with Crippen molar-refractivity contribution in [3.05, 3.63) is 0 Å². The van der Waals surface area contributed by atoms with Gasteiger partial charge in [-0.15, -0.1) is 0 Å². The van der Waals surface area contributed by atoms with Crippen LogP contribution in [0.3, 0.4) is 0 Å². The van der Waals surface area contributed by atoms with Crippen molar-refractivity contribution in [3.8, 4) is 0 Å². The fourth-order valence-corrected chi connectivity index (χ4v) is 4.44. The molecule has 2 aliphatic heterocycles. The van der Waals surface area contributed by atoms with Crippen LogP contribution in [0.1, 0.15) is 65.2 Å². The van der Waals surface area contributed by atoms with Crippen molar-refractivity contribution in [1.82, 2.24) is 5.32 Å². The van der Waals surface area contributed by atoms with E-state index in [1.165, 1.54) is 38.5 Å². The van der Waals surface area contributed by atoms with Crippen LogP contribution in [0.25, 0.3) is 0 Å². The molecule has 3 nitrogen and oxygen atoms in total. The summed E-state index contributed by atoms with van der Waals surface area (Å²) in [6, 6.07) is 1.37. The SMILES string of the molecule is CC1(C)CCCC(NC2CCOC3(CCOCC3)C2)C1. The molecule has 0 aromatic heterocycles. The second-order valence-electron chi connectivity index (χ2n) is 7.96. The minimum absolute atomic E-state index is 0.123. The van der Waals surface area contributed by atoms with Gasteiger partial charge in [0.25, 0.3) is 0 Å². The maximum Gasteiger partial charge on any atom is 0.0741 e. The number of hydrogen-bond acceptors (Lipinski definition) is 3. The highest BCUT2D eigenvalue weighted by Crippen LogP contribution is 2.37. The van der Waals surface area contributed by atoms with Crippen LogP contribution in [-0.4, -0.2) is 37.5 Å². The summed E-state index contributed by atoms with van der Waals surface area (Å²) in [6.07, 6.45) is 10.00. The van der Waals surface area contributed by atoms with Gasteiger partial charge in [-0.05, 0) is 50.4 Å². The molecule has 1 aliphatic carbocycles. The number of ether oxygens (including phenoxy) is 2. The zero-order valence-electron chi connectivity index (χ0n) is 13.2. The lowest BCUT2D eigenvalue weighted by Crippen LogP contribution is -2.52. The number of nitrogens with one attached hydrogen (secondary N) is 1. The summed E-state index contributed by atoms with van der Waals surface area (Å²) >= 11 is 0. The largest absolute Gasteiger partial charge is 0.381 e. The summed E-state index contributed by atoms with van der Waals surface area (Å²) in [5, 5.41) is 3.96. The van der Waals surface area contributed by atoms with E-state index in [-0.39, 0.29) is 5.60 Å². The molecule has 2 atom stereocenters. The lowest BCUT2D eigenvalue weighted by molar-refractivity contribution is -0.141. The highest BCUT2D eigenvalue weighted by atomic mass is 16.5. The van der Waals surface area contributed by atoms with E-state index in [0.29, 0.717) is 11.5 Å². The van der Waals surface area contributed by atoms with Crippen LogP contribution in [0.5, 0.6) is 0 Å². The Morgan fingerprint density at radius 3 is 2.40 bits per heavy atom. The van der Waals surface area contributed by atoms with Crippen LogP contribution in [0.15, 0.2) is 0 Å². The Kier molecular flexibility index (Phi) is 4.40. The number of rotatable bonds is 2. The molecule has 2 unspecified atom stereocenters. The molecule has 1 N–H and O–H groups in total. The van der Waals surface area contributed by atoms with Crippen molar-refractivity contribution in [2.45, 2.75) is 82.9 Å². The second kappa shape index (κ2) is 5.94. The molecular weight excluding hydrogens is 250 g/mol. The molecule has 3 fully saturated rings. The van der Waals surface area contributed by atoms with Crippen molar-refractivity contribution in [3.63, 3.8) is 0 Å². The molecular formula is C17H31NO2.